The number of nitrogens with one attached hydrogen (secondary N) is 1. The number of amides is 2. The maximum Gasteiger partial charge on any atom is 0.338 e. The summed E-state index contributed by atoms with van der Waals surface area (Å²) >= 11 is 1.22. The Hall–Kier alpha value is -3.33. The minimum atomic E-state index is -0.608. The van der Waals surface area contributed by atoms with Crippen molar-refractivity contribution in [2.24, 2.45) is 4.99 Å². The van der Waals surface area contributed by atoms with Crippen LogP contribution in [0.1, 0.15) is 30.6 Å². The van der Waals surface area contributed by atoms with Gasteiger partial charge in [0.05, 0.1) is 24.5 Å². The Kier molecular flexibility index (Phi) is 7.88. The Bertz CT molecular complexity index is 1010. The molecular weight excluding hydrogens is 430 g/mol. The van der Waals surface area contributed by atoms with E-state index >= 15 is 0 Å². The van der Waals surface area contributed by atoms with E-state index in [2.05, 4.69) is 10.3 Å². The van der Waals surface area contributed by atoms with Crippen LogP contribution in [0.5, 0.6) is 5.75 Å². The molecule has 0 saturated carbocycles. The van der Waals surface area contributed by atoms with Crippen LogP contribution >= 0.6 is 11.8 Å². The van der Waals surface area contributed by atoms with Gasteiger partial charge in [-0.05, 0) is 62.4 Å². The quantitative estimate of drug-likeness (QED) is 0.637. The molecule has 0 spiro atoms. The molecule has 1 atom stereocenters. The largest absolute Gasteiger partial charge is 0.494 e. The molecule has 168 valence electrons. The van der Waals surface area contributed by atoms with Crippen molar-refractivity contribution in [2.45, 2.75) is 25.5 Å². The molecule has 0 unspecified atom stereocenters. The summed E-state index contributed by atoms with van der Waals surface area (Å²) in [7, 11) is 1.63. The summed E-state index contributed by atoms with van der Waals surface area (Å²) in [4.78, 5) is 43.0. The highest BCUT2D eigenvalue weighted by atomic mass is 32.2. The number of hydrogen-bond donors (Lipinski definition) is 1. The minimum Gasteiger partial charge on any atom is -0.494 e. The molecule has 2 amide bonds. The Balaban J connectivity index is 1.70. The molecule has 32 heavy (non-hydrogen) atoms. The molecule has 0 aromatic heterocycles. The van der Waals surface area contributed by atoms with E-state index in [-0.39, 0.29) is 18.2 Å². The number of anilines is 1. The van der Waals surface area contributed by atoms with E-state index in [9.17, 15) is 14.4 Å². The minimum absolute atomic E-state index is 0.0743. The number of benzene rings is 2. The van der Waals surface area contributed by atoms with Gasteiger partial charge >= 0.3 is 5.97 Å². The fourth-order valence-electron chi connectivity index (χ4n) is 2.92. The highest BCUT2D eigenvalue weighted by Gasteiger charge is 2.34. The maximum absolute atomic E-state index is 12.8. The van der Waals surface area contributed by atoms with Crippen molar-refractivity contribution in [3.05, 3.63) is 54.1 Å². The fourth-order valence-corrected chi connectivity index (χ4v) is 3.98. The average molecular weight is 456 g/mol. The van der Waals surface area contributed by atoms with Gasteiger partial charge in [-0.2, -0.15) is 0 Å². The first kappa shape index (κ1) is 23.3. The summed E-state index contributed by atoms with van der Waals surface area (Å²) in [6, 6.07) is 13.6. The average Bonchev–Trinajstić information content (AvgIpc) is 2.79. The van der Waals surface area contributed by atoms with Crippen molar-refractivity contribution in [1.82, 2.24) is 4.90 Å². The predicted octanol–water partition coefficient (Wildman–Crippen LogP) is 3.85. The number of esters is 1. The molecular formula is C23H25N3O5S. The van der Waals surface area contributed by atoms with Gasteiger partial charge in [0.15, 0.2) is 5.17 Å². The summed E-state index contributed by atoms with van der Waals surface area (Å²) in [5, 5.41) is 2.65. The van der Waals surface area contributed by atoms with Crippen molar-refractivity contribution in [3.63, 3.8) is 0 Å². The molecule has 1 heterocycles. The third kappa shape index (κ3) is 5.88. The van der Waals surface area contributed by atoms with Crippen LogP contribution < -0.4 is 10.1 Å². The van der Waals surface area contributed by atoms with Gasteiger partial charge in [-0.3, -0.25) is 14.5 Å². The van der Waals surface area contributed by atoms with Crippen molar-refractivity contribution in [2.75, 3.05) is 25.6 Å². The summed E-state index contributed by atoms with van der Waals surface area (Å²) < 4.78 is 10.4. The first-order valence-electron chi connectivity index (χ1n) is 10.2. The SMILES string of the molecule is CCOC(=O)c1ccc(N=C2S[C@@H](C(=O)Nc3ccc(OCC)cc3)CC(=O)N2C)cc1. The van der Waals surface area contributed by atoms with Crippen LogP contribution in [-0.4, -0.2) is 53.4 Å². The number of amidine groups is 1. The molecule has 3 rings (SSSR count). The Labute approximate surface area is 191 Å². The van der Waals surface area contributed by atoms with Gasteiger partial charge < -0.3 is 14.8 Å². The maximum atomic E-state index is 12.8. The molecule has 1 N–H and O–H groups in total. The van der Waals surface area contributed by atoms with E-state index in [1.54, 1.807) is 62.5 Å². The van der Waals surface area contributed by atoms with Gasteiger partial charge in [0, 0.05) is 19.2 Å². The van der Waals surface area contributed by atoms with E-state index in [1.807, 2.05) is 6.92 Å². The van der Waals surface area contributed by atoms with Gasteiger partial charge in [-0.1, -0.05) is 11.8 Å². The third-order valence-electron chi connectivity index (χ3n) is 4.60. The van der Waals surface area contributed by atoms with Crippen LogP contribution in [0.25, 0.3) is 0 Å². The highest BCUT2D eigenvalue weighted by molar-refractivity contribution is 8.15. The molecule has 9 heteroatoms. The standard InChI is InChI=1S/C23H25N3O5S/c1-4-30-18-12-10-16(11-13-18)24-21(28)19-14-20(27)26(3)23(32-19)25-17-8-6-15(7-9-17)22(29)31-5-2/h6-13,19H,4-5,14H2,1-3H3,(H,24,28)/t19-/m1/s1. The summed E-state index contributed by atoms with van der Waals surface area (Å²) in [5.41, 5.74) is 1.61. The lowest BCUT2D eigenvalue weighted by Crippen LogP contribution is -2.43. The summed E-state index contributed by atoms with van der Waals surface area (Å²) in [6.45, 7) is 4.51. The lowest BCUT2D eigenvalue weighted by Gasteiger charge is -2.28. The van der Waals surface area contributed by atoms with Crippen molar-refractivity contribution in [1.29, 1.82) is 0 Å². The molecule has 8 nitrogen and oxygen atoms in total. The van der Waals surface area contributed by atoms with E-state index < -0.39 is 11.2 Å². The Morgan fingerprint density at radius 2 is 1.78 bits per heavy atom. The van der Waals surface area contributed by atoms with Crippen LogP contribution in [-0.2, 0) is 14.3 Å². The normalized spacial score (nSPS) is 17.2. The number of rotatable bonds is 7. The first-order valence-corrected chi connectivity index (χ1v) is 11.1. The first-order chi connectivity index (χ1) is 15.4. The summed E-state index contributed by atoms with van der Waals surface area (Å²) in [6.07, 6.45) is 0.0743. The lowest BCUT2D eigenvalue weighted by atomic mass is 10.2. The summed E-state index contributed by atoms with van der Waals surface area (Å²) in [5.74, 6) is -0.154. The number of carbonyl (C=O) groups excluding carboxylic acids is 3. The molecule has 2 aromatic rings. The smallest absolute Gasteiger partial charge is 0.338 e. The van der Waals surface area contributed by atoms with Crippen LogP contribution in [0.3, 0.4) is 0 Å². The topological polar surface area (TPSA) is 97.3 Å². The van der Waals surface area contributed by atoms with Gasteiger partial charge in [0.2, 0.25) is 11.8 Å². The second-order valence-corrected chi connectivity index (χ2v) is 8.04. The van der Waals surface area contributed by atoms with Crippen LogP contribution in [0.4, 0.5) is 11.4 Å². The van der Waals surface area contributed by atoms with Crippen molar-refractivity contribution < 1.29 is 23.9 Å². The number of aliphatic imine (C=N–C) groups is 1. The molecule has 1 aliphatic heterocycles. The number of thioether (sulfide) groups is 1. The lowest BCUT2D eigenvalue weighted by molar-refractivity contribution is -0.128. The molecule has 1 saturated heterocycles. The molecule has 2 aromatic carbocycles. The van der Waals surface area contributed by atoms with Crippen LogP contribution in [0, 0.1) is 0 Å². The van der Waals surface area contributed by atoms with E-state index in [1.165, 1.54) is 16.7 Å². The van der Waals surface area contributed by atoms with Crippen molar-refractivity contribution >= 4 is 46.1 Å². The van der Waals surface area contributed by atoms with Gasteiger partial charge in [-0.25, -0.2) is 9.79 Å². The third-order valence-corrected chi connectivity index (χ3v) is 5.84. The van der Waals surface area contributed by atoms with Crippen LogP contribution in [0.15, 0.2) is 53.5 Å². The molecule has 0 bridgehead atoms. The van der Waals surface area contributed by atoms with E-state index in [4.69, 9.17) is 9.47 Å². The van der Waals surface area contributed by atoms with Gasteiger partial charge in [-0.15, -0.1) is 0 Å². The zero-order valence-electron chi connectivity index (χ0n) is 18.2. The van der Waals surface area contributed by atoms with Crippen molar-refractivity contribution in [3.8, 4) is 5.75 Å². The highest BCUT2D eigenvalue weighted by Crippen LogP contribution is 2.29. The Morgan fingerprint density at radius 3 is 2.41 bits per heavy atom. The van der Waals surface area contributed by atoms with E-state index in [0.29, 0.717) is 35.3 Å². The second kappa shape index (κ2) is 10.8. The van der Waals surface area contributed by atoms with Gasteiger partial charge in [0.25, 0.3) is 0 Å². The molecule has 0 aliphatic carbocycles. The molecule has 1 fully saturated rings. The fraction of sp³-hybridized carbons (Fsp3) is 0.304. The number of ether oxygens (including phenoxy) is 2. The number of nitrogens with zero attached hydrogens (tertiary/aromatic N) is 2. The monoisotopic (exact) mass is 455 g/mol. The van der Waals surface area contributed by atoms with Gasteiger partial charge in [0.1, 0.15) is 11.0 Å². The van der Waals surface area contributed by atoms with E-state index in [0.717, 1.165) is 5.75 Å². The predicted molar refractivity (Wildman–Crippen MR) is 125 cm³/mol. The number of carbonyl (C=O) groups is 3. The van der Waals surface area contributed by atoms with Crippen LogP contribution in [0.2, 0.25) is 0 Å². The number of hydrogen-bond acceptors (Lipinski definition) is 7. The zero-order valence-corrected chi connectivity index (χ0v) is 19.0. The Morgan fingerprint density at radius 1 is 1.09 bits per heavy atom. The second-order valence-electron chi connectivity index (χ2n) is 6.87. The zero-order chi connectivity index (χ0) is 23.1. The molecule has 0 radical (unpaired) electrons. The molecule has 1 aliphatic rings.